The maximum Gasteiger partial charge on any atom is 0.246 e. The normalized spacial score (nSPS) is 45.5. The van der Waals surface area contributed by atoms with E-state index in [1.807, 2.05) is 5.06 Å². The first kappa shape index (κ1) is 22.6. The van der Waals surface area contributed by atoms with Gasteiger partial charge < -0.3 is 4.74 Å². The fourth-order valence-electron chi connectivity index (χ4n) is 7.68. The molecule has 1 heterocycles. The molecule has 4 fully saturated rings. The number of carbonyl (C=O) groups is 1. The Labute approximate surface area is 184 Å². The number of hydroxylamine groups is 2. The highest BCUT2D eigenvalue weighted by molar-refractivity contribution is 5.76. The van der Waals surface area contributed by atoms with Crippen molar-refractivity contribution < 1.29 is 14.4 Å². The molecule has 3 saturated carbocycles. The Morgan fingerprint density at radius 2 is 1.77 bits per heavy atom. The Kier molecular flexibility index (Phi) is 6.31. The molecule has 0 aromatic rings. The summed E-state index contributed by atoms with van der Waals surface area (Å²) in [6.07, 6.45) is 11.9. The lowest BCUT2D eigenvalue weighted by Gasteiger charge is -2.63. The summed E-state index contributed by atoms with van der Waals surface area (Å²) in [5.41, 5.74) is 0.643. The van der Waals surface area contributed by atoms with Crippen molar-refractivity contribution in [2.45, 2.75) is 130 Å². The molecule has 0 spiro atoms. The second-order valence-corrected chi connectivity index (χ2v) is 11.6. The highest BCUT2D eigenvalue weighted by atomic mass is 16.7. The highest BCUT2D eigenvalue weighted by Crippen LogP contribution is 2.65. The minimum atomic E-state index is 0.0763. The van der Waals surface area contributed by atoms with E-state index in [-0.39, 0.29) is 35.7 Å². The zero-order valence-corrected chi connectivity index (χ0v) is 20.3. The summed E-state index contributed by atoms with van der Waals surface area (Å²) in [5, 5.41) is 1.82. The molecule has 0 bridgehead atoms. The number of amides is 1. The van der Waals surface area contributed by atoms with E-state index in [0.717, 1.165) is 31.6 Å². The van der Waals surface area contributed by atoms with Crippen molar-refractivity contribution in [1.82, 2.24) is 5.06 Å². The third-order valence-corrected chi connectivity index (χ3v) is 9.86. The van der Waals surface area contributed by atoms with E-state index >= 15 is 0 Å². The summed E-state index contributed by atoms with van der Waals surface area (Å²) in [4.78, 5) is 19.3. The van der Waals surface area contributed by atoms with Crippen LogP contribution in [0.15, 0.2) is 0 Å². The van der Waals surface area contributed by atoms with Crippen molar-refractivity contribution in [2.24, 2.45) is 28.6 Å². The highest BCUT2D eigenvalue weighted by Gasteiger charge is 2.63. The second kappa shape index (κ2) is 8.39. The number of hydrogen-bond donors (Lipinski definition) is 0. The third kappa shape index (κ3) is 3.64. The van der Waals surface area contributed by atoms with E-state index in [1.54, 1.807) is 0 Å². The van der Waals surface area contributed by atoms with E-state index < -0.39 is 0 Å². The number of nitrogens with zero attached hydrogens (tertiary/aromatic N) is 1. The van der Waals surface area contributed by atoms with Crippen LogP contribution in [-0.2, 0) is 14.4 Å². The minimum absolute atomic E-state index is 0.0763. The average Bonchev–Trinajstić information content (AvgIpc) is 3.12. The molecule has 3 aliphatic carbocycles. The fourth-order valence-corrected chi connectivity index (χ4v) is 7.68. The zero-order valence-electron chi connectivity index (χ0n) is 20.3. The monoisotopic (exact) mass is 419 g/mol. The van der Waals surface area contributed by atoms with Crippen LogP contribution in [0.3, 0.4) is 0 Å². The lowest BCUT2D eigenvalue weighted by atomic mass is 9.47. The summed E-state index contributed by atoms with van der Waals surface area (Å²) in [6.45, 7) is 13.7. The lowest BCUT2D eigenvalue weighted by molar-refractivity contribution is -0.277. The Balaban J connectivity index is 1.69. The van der Waals surface area contributed by atoms with Crippen LogP contribution >= 0.6 is 0 Å². The molecule has 30 heavy (non-hydrogen) atoms. The van der Waals surface area contributed by atoms with Gasteiger partial charge >= 0.3 is 0 Å². The smallest absolute Gasteiger partial charge is 0.246 e. The Morgan fingerprint density at radius 1 is 1.03 bits per heavy atom. The molecule has 1 amide bonds. The molecule has 4 unspecified atom stereocenters. The van der Waals surface area contributed by atoms with Gasteiger partial charge in [-0.1, -0.05) is 34.1 Å². The largest absolute Gasteiger partial charge is 0.375 e. The first-order chi connectivity index (χ1) is 14.2. The van der Waals surface area contributed by atoms with Gasteiger partial charge in [-0.25, -0.2) is 5.06 Å². The Hall–Kier alpha value is -0.610. The minimum Gasteiger partial charge on any atom is -0.375 e. The summed E-state index contributed by atoms with van der Waals surface area (Å²) in [6, 6.07) is 0.147. The van der Waals surface area contributed by atoms with Gasteiger partial charge in [0.2, 0.25) is 5.91 Å². The van der Waals surface area contributed by atoms with E-state index in [4.69, 9.17) is 9.57 Å². The van der Waals surface area contributed by atoms with Crippen LogP contribution in [0, 0.1) is 28.6 Å². The molecule has 4 rings (SSSR count). The van der Waals surface area contributed by atoms with Gasteiger partial charge in [0, 0.05) is 6.42 Å². The predicted octanol–water partition coefficient (Wildman–Crippen LogP) is 6.13. The molecular formula is C26H45NO3. The van der Waals surface area contributed by atoms with Gasteiger partial charge in [-0.05, 0) is 93.8 Å². The van der Waals surface area contributed by atoms with Crippen LogP contribution in [0.1, 0.15) is 106 Å². The lowest BCUT2D eigenvalue weighted by Crippen LogP contribution is -2.66. The molecule has 1 saturated heterocycles. The molecular weight excluding hydrogens is 374 g/mol. The summed E-state index contributed by atoms with van der Waals surface area (Å²) in [5.74, 6) is 2.24. The number of fused-ring (bicyclic) bond motifs is 5. The molecule has 9 atom stereocenters. The first-order valence-electron chi connectivity index (χ1n) is 12.9. The van der Waals surface area contributed by atoms with Crippen LogP contribution in [0.2, 0.25) is 0 Å². The number of carbonyl (C=O) groups excluding carboxylic acids is 1. The quantitative estimate of drug-likeness (QED) is 0.519. The van der Waals surface area contributed by atoms with Crippen LogP contribution in [0.4, 0.5) is 0 Å². The summed E-state index contributed by atoms with van der Waals surface area (Å²) in [7, 11) is 0. The van der Waals surface area contributed by atoms with Crippen LogP contribution < -0.4 is 0 Å². The van der Waals surface area contributed by atoms with Gasteiger partial charge in [0.1, 0.15) is 0 Å². The van der Waals surface area contributed by atoms with Gasteiger partial charge in [0.15, 0.2) is 0 Å². The van der Waals surface area contributed by atoms with E-state index in [2.05, 4.69) is 41.5 Å². The van der Waals surface area contributed by atoms with E-state index in [9.17, 15) is 4.79 Å². The van der Waals surface area contributed by atoms with Crippen molar-refractivity contribution in [1.29, 1.82) is 0 Å². The third-order valence-electron chi connectivity index (χ3n) is 9.86. The van der Waals surface area contributed by atoms with Gasteiger partial charge in [0.05, 0.1) is 24.4 Å². The molecule has 0 aromatic heterocycles. The molecule has 0 N–H and O–H groups in total. The maximum absolute atomic E-state index is 13.0. The number of piperidine rings is 1. The molecule has 4 heteroatoms. The van der Waals surface area contributed by atoms with Crippen molar-refractivity contribution in [3.05, 3.63) is 0 Å². The average molecular weight is 420 g/mol. The van der Waals surface area contributed by atoms with Crippen LogP contribution in [0.25, 0.3) is 0 Å². The molecule has 4 aliphatic rings. The summed E-state index contributed by atoms with van der Waals surface area (Å²) >= 11 is 0. The van der Waals surface area contributed by atoms with E-state index in [0.29, 0.717) is 23.7 Å². The molecule has 0 radical (unpaired) electrons. The topological polar surface area (TPSA) is 38.8 Å². The number of rotatable bonds is 6. The summed E-state index contributed by atoms with van der Waals surface area (Å²) < 4.78 is 6.78. The van der Waals surface area contributed by atoms with Gasteiger partial charge in [0.25, 0.3) is 0 Å². The van der Waals surface area contributed by atoms with E-state index in [1.165, 1.54) is 32.1 Å². The predicted molar refractivity (Wildman–Crippen MR) is 120 cm³/mol. The SMILES string of the molecule is CCC(C)OC1CC2N(OC(C)CC)C(=O)CC[C@]2(C)[C@@H]2CC[C@]3(C)CCC[C@H]3[C@H]12. The first-order valence-corrected chi connectivity index (χ1v) is 12.9. The van der Waals surface area contributed by atoms with Crippen molar-refractivity contribution >= 4 is 5.91 Å². The number of hydrogen-bond acceptors (Lipinski definition) is 3. The standard InChI is InChI=1S/C26H45NO3/c1-7-17(3)29-21-16-22-26(6,15-12-23(28)27(22)30-18(4)8-2)20-11-14-25(5)13-9-10-19(25)24(20)21/h17-22,24H,7-16H2,1-6H3/t17?,18?,19-,20+,21?,22?,24-,25-,26+/m0/s1. The van der Waals surface area contributed by atoms with Gasteiger partial charge in [-0.3, -0.25) is 9.63 Å². The molecule has 0 aromatic carbocycles. The van der Waals surface area contributed by atoms with Gasteiger partial charge in [-0.2, -0.15) is 0 Å². The van der Waals surface area contributed by atoms with Crippen molar-refractivity contribution in [3.8, 4) is 0 Å². The molecule has 172 valence electrons. The zero-order chi connectivity index (χ0) is 21.7. The van der Waals surface area contributed by atoms with Crippen molar-refractivity contribution in [2.75, 3.05) is 0 Å². The molecule has 4 nitrogen and oxygen atoms in total. The molecule has 1 aliphatic heterocycles. The van der Waals surface area contributed by atoms with Crippen LogP contribution in [-0.4, -0.2) is 35.3 Å². The van der Waals surface area contributed by atoms with Crippen LogP contribution in [0.5, 0.6) is 0 Å². The van der Waals surface area contributed by atoms with Gasteiger partial charge in [-0.15, -0.1) is 0 Å². The maximum atomic E-state index is 13.0. The van der Waals surface area contributed by atoms with Crippen molar-refractivity contribution in [3.63, 3.8) is 0 Å². The fraction of sp³-hybridized carbons (Fsp3) is 0.962. The Bertz CT molecular complexity index is 638. The second-order valence-electron chi connectivity index (χ2n) is 11.6. The number of ether oxygens (including phenoxy) is 1. The Morgan fingerprint density at radius 3 is 2.47 bits per heavy atom.